The first-order chi connectivity index (χ1) is 7.79. The van der Waals surface area contributed by atoms with Gasteiger partial charge in [-0.05, 0) is 31.2 Å². The zero-order valence-electron chi connectivity index (χ0n) is 9.01. The van der Waals surface area contributed by atoms with Crippen molar-refractivity contribution in [2.45, 2.75) is 6.92 Å². The van der Waals surface area contributed by atoms with Crippen LogP contribution in [-0.4, -0.2) is 23.3 Å². The summed E-state index contributed by atoms with van der Waals surface area (Å²) in [5, 5.41) is 11.7. The van der Waals surface area contributed by atoms with Gasteiger partial charge in [0.2, 0.25) is 0 Å². The lowest BCUT2D eigenvalue weighted by atomic mass is 10.2. The molecular formula is C12H13NO2S. The summed E-state index contributed by atoms with van der Waals surface area (Å²) in [4.78, 5) is 4.41. The molecule has 0 unspecified atom stereocenters. The van der Waals surface area contributed by atoms with Crippen LogP contribution in [0.15, 0.2) is 29.6 Å². The Morgan fingerprint density at radius 2 is 2.06 bits per heavy atom. The summed E-state index contributed by atoms with van der Waals surface area (Å²) in [5.41, 5.74) is 2.08. The maximum absolute atomic E-state index is 8.63. The van der Waals surface area contributed by atoms with Crippen LogP contribution in [0.2, 0.25) is 0 Å². The van der Waals surface area contributed by atoms with Crippen LogP contribution >= 0.6 is 11.3 Å². The predicted octanol–water partition coefficient (Wildman–Crippen LogP) is 2.49. The molecule has 1 aromatic heterocycles. The molecule has 1 heterocycles. The van der Waals surface area contributed by atoms with Crippen LogP contribution in [0.3, 0.4) is 0 Å². The van der Waals surface area contributed by atoms with E-state index >= 15 is 0 Å². The fourth-order valence-electron chi connectivity index (χ4n) is 1.38. The highest BCUT2D eigenvalue weighted by atomic mass is 32.1. The zero-order chi connectivity index (χ0) is 11.4. The lowest BCUT2D eigenvalue weighted by Crippen LogP contribution is -2.01. The summed E-state index contributed by atoms with van der Waals surface area (Å²) >= 11 is 1.64. The summed E-state index contributed by atoms with van der Waals surface area (Å²) in [7, 11) is 0. The summed E-state index contributed by atoms with van der Waals surface area (Å²) in [6.45, 7) is 2.36. The number of thiazole rings is 1. The number of benzene rings is 1. The van der Waals surface area contributed by atoms with Crippen LogP contribution in [0.5, 0.6) is 5.75 Å². The van der Waals surface area contributed by atoms with Crippen molar-refractivity contribution in [1.82, 2.24) is 4.98 Å². The van der Waals surface area contributed by atoms with Gasteiger partial charge in [-0.25, -0.2) is 4.98 Å². The predicted molar refractivity (Wildman–Crippen MR) is 64.9 cm³/mol. The molecule has 0 aliphatic carbocycles. The van der Waals surface area contributed by atoms with Gasteiger partial charge in [0, 0.05) is 10.9 Å². The molecule has 0 fully saturated rings. The minimum absolute atomic E-state index is 0.0348. The molecule has 2 rings (SSSR count). The summed E-state index contributed by atoms with van der Waals surface area (Å²) < 4.78 is 5.28. The van der Waals surface area contributed by atoms with Gasteiger partial charge in [0.1, 0.15) is 12.4 Å². The molecule has 0 aliphatic rings. The lowest BCUT2D eigenvalue weighted by Gasteiger charge is -2.04. The molecule has 0 aliphatic heterocycles. The normalized spacial score (nSPS) is 10.4. The van der Waals surface area contributed by atoms with Gasteiger partial charge in [-0.3, -0.25) is 0 Å². The van der Waals surface area contributed by atoms with E-state index < -0.39 is 0 Å². The highest BCUT2D eigenvalue weighted by molar-refractivity contribution is 7.09. The summed E-state index contributed by atoms with van der Waals surface area (Å²) in [5.74, 6) is 0.768. The van der Waals surface area contributed by atoms with Crippen molar-refractivity contribution < 1.29 is 9.84 Å². The maximum Gasteiger partial charge on any atom is 0.119 e. The number of aliphatic hydroxyl groups excluding tert-OH is 1. The second kappa shape index (κ2) is 5.09. The Balaban J connectivity index is 2.13. The van der Waals surface area contributed by atoms with Gasteiger partial charge in [0.05, 0.1) is 17.3 Å². The van der Waals surface area contributed by atoms with E-state index in [2.05, 4.69) is 4.98 Å². The minimum Gasteiger partial charge on any atom is -0.491 e. The molecule has 2 aromatic rings. The van der Waals surface area contributed by atoms with E-state index in [-0.39, 0.29) is 6.61 Å². The molecule has 3 nitrogen and oxygen atoms in total. The molecule has 0 atom stereocenters. The van der Waals surface area contributed by atoms with Gasteiger partial charge < -0.3 is 9.84 Å². The average molecular weight is 235 g/mol. The van der Waals surface area contributed by atoms with Crippen molar-refractivity contribution in [1.29, 1.82) is 0 Å². The highest BCUT2D eigenvalue weighted by Crippen LogP contribution is 2.23. The molecule has 0 radical (unpaired) electrons. The van der Waals surface area contributed by atoms with Crippen LogP contribution in [-0.2, 0) is 0 Å². The molecule has 0 spiro atoms. The van der Waals surface area contributed by atoms with E-state index in [0.29, 0.717) is 6.61 Å². The standard InChI is InChI=1S/C12H13NO2S/c1-9-13-12(8-16-9)10-2-4-11(5-3-10)15-7-6-14/h2-5,8,14H,6-7H2,1H3. The van der Waals surface area contributed by atoms with Crippen molar-refractivity contribution in [3.63, 3.8) is 0 Å². The number of aryl methyl sites for hydroxylation is 1. The van der Waals surface area contributed by atoms with Crippen LogP contribution in [0.1, 0.15) is 5.01 Å². The topological polar surface area (TPSA) is 42.4 Å². The van der Waals surface area contributed by atoms with Gasteiger partial charge >= 0.3 is 0 Å². The highest BCUT2D eigenvalue weighted by Gasteiger charge is 2.02. The molecule has 0 saturated carbocycles. The van der Waals surface area contributed by atoms with E-state index in [9.17, 15) is 0 Å². The largest absolute Gasteiger partial charge is 0.491 e. The third-order valence-corrected chi connectivity index (χ3v) is 2.90. The zero-order valence-corrected chi connectivity index (χ0v) is 9.83. The van der Waals surface area contributed by atoms with Gasteiger partial charge in [-0.2, -0.15) is 0 Å². The van der Waals surface area contributed by atoms with Crippen molar-refractivity contribution in [3.05, 3.63) is 34.7 Å². The Bertz CT molecular complexity index is 450. The number of hydrogen-bond acceptors (Lipinski definition) is 4. The van der Waals surface area contributed by atoms with Crippen LogP contribution in [0.25, 0.3) is 11.3 Å². The SMILES string of the molecule is Cc1nc(-c2ccc(OCCO)cc2)cs1. The number of rotatable bonds is 4. The smallest absolute Gasteiger partial charge is 0.119 e. The number of ether oxygens (including phenoxy) is 1. The number of aromatic nitrogens is 1. The van der Waals surface area contributed by atoms with Crippen molar-refractivity contribution >= 4 is 11.3 Å². The number of aliphatic hydroxyl groups is 1. The second-order valence-electron chi connectivity index (χ2n) is 3.35. The van der Waals surface area contributed by atoms with Crippen LogP contribution < -0.4 is 4.74 Å². The Morgan fingerprint density at radius 1 is 1.31 bits per heavy atom. The second-order valence-corrected chi connectivity index (χ2v) is 4.41. The fourth-order valence-corrected chi connectivity index (χ4v) is 2.00. The first-order valence-electron chi connectivity index (χ1n) is 5.06. The molecule has 1 aromatic carbocycles. The van der Waals surface area contributed by atoms with Gasteiger partial charge in [-0.1, -0.05) is 0 Å². The average Bonchev–Trinajstić information content (AvgIpc) is 2.74. The minimum atomic E-state index is 0.0348. The Hall–Kier alpha value is -1.39. The third kappa shape index (κ3) is 2.59. The molecule has 84 valence electrons. The molecule has 0 saturated heterocycles. The fraction of sp³-hybridized carbons (Fsp3) is 0.250. The Labute approximate surface area is 98.4 Å². The number of nitrogens with zero attached hydrogens (tertiary/aromatic N) is 1. The van der Waals surface area contributed by atoms with E-state index in [4.69, 9.17) is 9.84 Å². The lowest BCUT2D eigenvalue weighted by molar-refractivity contribution is 0.201. The molecule has 0 bridgehead atoms. The van der Waals surface area contributed by atoms with Crippen molar-refractivity contribution in [2.75, 3.05) is 13.2 Å². The van der Waals surface area contributed by atoms with Gasteiger partial charge in [0.25, 0.3) is 0 Å². The quantitative estimate of drug-likeness (QED) is 0.885. The maximum atomic E-state index is 8.63. The number of hydrogen-bond donors (Lipinski definition) is 1. The van der Waals surface area contributed by atoms with Crippen LogP contribution in [0.4, 0.5) is 0 Å². The molecule has 16 heavy (non-hydrogen) atoms. The summed E-state index contributed by atoms with van der Waals surface area (Å²) in [6, 6.07) is 7.72. The third-order valence-electron chi connectivity index (χ3n) is 2.13. The van der Waals surface area contributed by atoms with E-state index in [1.54, 1.807) is 11.3 Å². The van der Waals surface area contributed by atoms with Crippen LogP contribution in [0, 0.1) is 6.92 Å². The van der Waals surface area contributed by atoms with Crippen molar-refractivity contribution in [2.24, 2.45) is 0 Å². The Kier molecular flexibility index (Phi) is 3.54. The van der Waals surface area contributed by atoms with E-state index in [1.807, 2.05) is 36.6 Å². The summed E-state index contributed by atoms with van der Waals surface area (Å²) in [6.07, 6.45) is 0. The van der Waals surface area contributed by atoms with Gasteiger partial charge in [0.15, 0.2) is 0 Å². The molecule has 0 amide bonds. The molecular weight excluding hydrogens is 222 g/mol. The Morgan fingerprint density at radius 3 is 2.62 bits per heavy atom. The van der Waals surface area contributed by atoms with Crippen molar-refractivity contribution in [3.8, 4) is 17.0 Å². The first kappa shape index (κ1) is 11.1. The van der Waals surface area contributed by atoms with E-state index in [1.165, 1.54) is 0 Å². The first-order valence-corrected chi connectivity index (χ1v) is 5.94. The molecule has 1 N–H and O–H groups in total. The van der Waals surface area contributed by atoms with E-state index in [0.717, 1.165) is 22.0 Å². The van der Waals surface area contributed by atoms with Gasteiger partial charge in [-0.15, -0.1) is 11.3 Å². The molecule has 4 heteroatoms. The monoisotopic (exact) mass is 235 g/mol.